The highest BCUT2D eigenvalue weighted by molar-refractivity contribution is 6.00. The molecular weight excluding hydrogens is 352 g/mol. The van der Waals surface area contributed by atoms with E-state index in [1.807, 2.05) is 0 Å². The fourth-order valence-electron chi connectivity index (χ4n) is 5.24. The molecular formula is C22H30N4O2. The quantitative estimate of drug-likeness (QED) is 0.767. The van der Waals surface area contributed by atoms with Crippen molar-refractivity contribution in [2.45, 2.75) is 50.7 Å². The molecule has 150 valence electrons. The number of benzene rings is 1. The van der Waals surface area contributed by atoms with Gasteiger partial charge in [-0.2, -0.15) is 0 Å². The lowest BCUT2D eigenvalue weighted by Crippen LogP contribution is -2.50. The van der Waals surface area contributed by atoms with Gasteiger partial charge in [-0.1, -0.05) is 18.2 Å². The van der Waals surface area contributed by atoms with Gasteiger partial charge in [0.05, 0.1) is 6.04 Å². The van der Waals surface area contributed by atoms with E-state index in [-0.39, 0.29) is 17.9 Å². The van der Waals surface area contributed by atoms with Crippen molar-refractivity contribution in [2.24, 2.45) is 5.92 Å². The monoisotopic (exact) mass is 382 g/mol. The van der Waals surface area contributed by atoms with Crippen molar-refractivity contribution >= 4 is 11.8 Å². The Morgan fingerprint density at radius 1 is 1.00 bits per heavy atom. The molecule has 0 aliphatic carbocycles. The predicted octanol–water partition coefficient (Wildman–Crippen LogP) is 1.21. The topological polar surface area (TPSA) is 64.7 Å². The Kier molecular flexibility index (Phi) is 4.95. The van der Waals surface area contributed by atoms with E-state index >= 15 is 0 Å². The van der Waals surface area contributed by atoms with Crippen molar-refractivity contribution in [1.29, 1.82) is 0 Å². The van der Waals surface area contributed by atoms with E-state index < -0.39 is 0 Å². The second-order valence-electron chi connectivity index (χ2n) is 9.00. The molecule has 0 spiro atoms. The lowest BCUT2D eigenvalue weighted by molar-refractivity contribution is -0.137. The molecule has 1 aromatic carbocycles. The number of amides is 2. The molecule has 0 bridgehead atoms. The number of rotatable bonds is 4. The van der Waals surface area contributed by atoms with Crippen molar-refractivity contribution in [3.05, 3.63) is 34.9 Å². The van der Waals surface area contributed by atoms with Crippen LogP contribution in [0.15, 0.2) is 18.2 Å². The Balaban J connectivity index is 1.20. The molecule has 1 aromatic rings. The number of nitrogens with zero attached hydrogens (tertiary/aromatic N) is 2. The third-order valence-electron chi connectivity index (χ3n) is 7.07. The van der Waals surface area contributed by atoms with Gasteiger partial charge in [0.2, 0.25) is 11.8 Å². The number of carbonyl (C=O) groups is 2. The van der Waals surface area contributed by atoms with Crippen molar-refractivity contribution in [1.82, 2.24) is 20.4 Å². The largest absolute Gasteiger partial charge is 0.316 e. The number of hydrogen-bond donors (Lipinski definition) is 2. The summed E-state index contributed by atoms with van der Waals surface area (Å²) >= 11 is 0. The maximum absolute atomic E-state index is 12.2. The van der Waals surface area contributed by atoms with Crippen LogP contribution < -0.4 is 10.6 Å². The zero-order valence-electron chi connectivity index (χ0n) is 16.5. The Morgan fingerprint density at radius 3 is 2.50 bits per heavy atom. The first-order valence-electron chi connectivity index (χ1n) is 10.8. The minimum Gasteiger partial charge on any atom is -0.316 e. The fraction of sp³-hybridized carbons (Fsp3) is 0.636. The summed E-state index contributed by atoms with van der Waals surface area (Å²) in [5.41, 5.74) is 4.17. The lowest BCUT2D eigenvalue weighted by Gasteiger charge is -2.37. The van der Waals surface area contributed by atoms with Crippen LogP contribution in [-0.4, -0.2) is 60.4 Å². The molecule has 1 atom stereocenters. The molecule has 6 nitrogen and oxygen atoms in total. The van der Waals surface area contributed by atoms with Crippen LogP contribution in [-0.2, 0) is 22.7 Å². The Labute approximate surface area is 166 Å². The number of hydrogen-bond acceptors (Lipinski definition) is 5. The van der Waals surface area contributed by atoms with Crippen LogP contribution in [0.25, 0.3) is 0 Å². The van der Waals surface area contributed by atoms with Crippen molar-refractivity contribution in [3.8, 4) is 0 Å². The zero-order chi connectivity index (χ0) is 19.1. The number of imide groups is 1. The molecule has 4 aliphatic rings. The van der Waals surface area contributed by atoms with Crippen LogP contribution >= 0.6 is 0 Å². The molecule has 2 N–H and O–H groups in total. The van der Waals surface area contributed by atoms with Crippen LogP contribution in [0.3, 0.4) is 0 Å². The first kappa shape index (κ1) is 18.3. The fourth-order valence-corrected chi connectivity index (χ4v) is 5.24. The van der Waals surface area contributed by atoms with Crippen LogP contribution in [0.1, 0.15) is 48.3 Å². The van der Waals surface area contributed by atoms with Gasteiger partial charge in [-0.25, -0.2) is 0 Å². The number of nitrogens with one attached hydrogen (secondary N) is 2. The summed E-state index contributed by atoms with van der Waals surface area (Å²) in [4.78, 5) is 28.5. The Hall–Kier alpha value is -1.76. The number of carbonyl (C=O) groups excluding carboxylic acids is 2. The van der Waals surface area contributed by atoms with E-state index in [2.05, 4.69) is 38.6 Å². The molecule has 0 saturated carbocycles. The molecule has 3 fully saturated rings. The zero-order valence-corrected chi connectivity index (χ0v) is 16.5. The van der Waals surface area contributed by atoms with Crippen molar-refractivity contribution in [3.63, 3.8) is 0 Å². The third-order valence-corrected chi connectivity index (χ3v) is 7.07. The summed E-state index contributed by atoms with van der Waals surface area (Å²) in [6, 6.07) is 6.79. The van der Waals surface area contributed by atoms with E-state index in [9.17, 15) is 9.59 Å². The second-order valence-corrected chi connectivity index (χ2v) is 9.00. The van der Waals surface area contributed by atoms with E-state index in [1.165, 1.54) is 62.3 Å². The van der Waals surface area contributed by atoms with Crippen molar-refractivity contribution < 1.29 is 9.59 Å². The normalized spacial score (nSPS) is 27.5. The standard InChI is InChI=1S/C22H30N4O2/c27-21-4-3-20(22(28)24-21)26-13-18-2-1-17(9-19(18)14-26)16-5-7-25(8-6-16)12-15-10-23-11-15/h1-2,9,15-16,20,23H,3-8,10-14H2,(H,24,27,28). The first-order chi connectivity index (χ1) is 13.7. The molecule has 4 aliphatic heterocycles. The molecule has 0 aromatic heterocycles. The molecule has 4 heterocycles. The van der Waals surface area contributed by atoms with Crippen molar-refractivity contribution in [2.75, 3.05) is 32.7 Å². The number of piperidine rings is 2. The summed E-state index contributed by atoms with van der Waals surface area (Å²) in [7, 11) is 0. The van der Waals surface area contributed by atoms with Gasteiger partial charge < -0.3 is 10.2 Å². The van der Waals surface area contributed by atoms with Gasteiger partial charge in [0.1, 0.15) is 0 Å². The van der Waals surface area contributed by atoms with Crippen LogP contribution in [0.4, 0.5) is 0 Å². The molecule has 2 amide bonds. The van der Waals surface area contributed by atoms with Gasteiger partial charge in [-0.05, 0) is 60.9 Å². The van der Waals surface area contributed by atoms with Gasteiger partial charge in [0, 0.05) is 39.1 Å². The van der Waals surface area contributed by atoms with Crippen LogP contribution in [0.2, 0.25) is 0 Å². The van der Waals surface area contributed by atoms with Gasteiger partial charge in [-0.15, -0.1) is 0 Å². The second kappa shape index (κ2) is 7.58. The Bertz CT molecular complexity index is 768. The van der Waals surface area contributed by atoms with E-state index in [1.54, 1.807) is 0 Å². The average Bonchev–Trinajstić information content (AvgIpc) is 3.08. The Morgan fingerprint density at radius 2 is 1.79 bits per heavy atom. The smallest absolute Gasteiger partial charge is 0.243 e. The van der Waals surface area contributed by atoms with E-state index in [4.69, 9.17) is 0 Å². The maximum atomic E-state index is 12.2. The summed E-state index contributed by atoms with van der Waals surface area (Å²) < 4.78 is 0. The highest BCUT2D eigenvalue weighted by atomic mass is 16.2. The molecule has 1 unspecified atom stereocenters. The van der Waals surface area contributed by atoms with Crippen LogP contribution in [0.5, 0.6) is 0 Å². The highest BCUT2D eigenvalue weighted by Gasteiger charge is 2.35. The summed E-state index contributed by atoms with van der Waals surface area (Å²) in [6.07, 6.45) is 3.58. The van der Waals surface area contributed by atoms with Gasteiger partial charge in [0.25, 0.3) is 0 Å². The molecule has 5 rings (SSSR count). The van der Waals surface area contributed by atoms with Gasteiger partial charge in [0.15, 0.2) is 0 Å². The molecule has 0 radical (unpaired) electrons. The molecule has 6 heteroatoms. The van der Waals surface area contributed by atoms with Gasteiger partial charge in [-0.3, -0.25) is 19.8 Å². The molecule has 28 heavy (non-hydrogen) atoms. The number of likely N-dealkylation sites (tertiary alicyclic amines) is 1. The van der Waals surface area contributed by atoms with E-state index in [0.717, 1.165) is 19.0 Å². The summed E-state index contributed by atoms with van der Waals surface area (Å²) in [5, 5.41) is 5.86. The lowest BCUT2D eigenvalue weighted by atomic mass is 9.87. The average molecular weight is 383 g/mol. The van der Waals surface area contributed by atoms with Crippen LogP contribution in [0, 0.1) is 5.92 Å². The predicted molar refractivity (Wildman–Crippen MR) is 107 cm³/mol. The highest BCUT2D eigenvalue weighted by Crippen LogP contribution is 2.33. The minimum absolute atomic E-state index is 0.127. The summed E-state index contributed by atoms with van der Waals surface area (Å²) in [6.45, 7) is 7.69. The van der Waals surface area contributed by atoms with Gasteiger partial charge >= 0.3 is 0 Å². The summed E-state index contributed by atoms with van der Waals surface area (Å²) in [5.74, 6) is 1.25. The van der Waals surface area contributed by atoms with E-state index in [0.29, 0.717) is 18.8 Å². The first-order valence-corrected chi connectivity index (χ1v) is 10.8. The number of fused-ring (bicyclic) bond motifs is 1. The third kappa shape index (κ3) is 3.61. The SMILES string of the molecule is O=C1CCC(N2Cc3ccc(C4CCN(CC5CNC5)CC4)cc3C2)C(=O)N1. The maximum Gasteiger partial charge on any atom is 0.243 e. The molecule has 3 saturated heterocycles. The minimum atomic E-state index is -0.169.